The van der Waals surface area contributed by atoms with Crippen LogP contribution in [-0.2, 0) is 16.6 Å². The van der Waals surface area contributed by atoms with Gasteiger partial charge in [0, 0.05) is 0 Å². The van der Waals surface area contributed by atoms with Crippen molar-refractivity contribution in [1.82, 2.24) is 0 Å². The second-order valence-electron chi connectivity index (χ2n) is 4.46. The highest BCUT2D eigenvalue weighted by Crippen LogP contribution is 2.32. The van der Waals surface area contributed by atoms with Gasteiger partial charge in [-0.15, -0.1) is 0 Å². The predicted molar refractivity (Wildman–Crippen MR) is 84.4 cm³/mol. The Morgan fingerprint density at radius 2 is 1.76 bits per heavy atom. The molecule has 0 saturated heterocycles. The number of aliphatic hydroxyl groups is 1. The Morgan fingerprint density at radius 3 is 2.33 bits per heavy atom. The van der Waals surface area contributed by atoms with Crippen LogP contribution in [0.4, 0.5) is 5.69 Å². The van der Waals surface area contributed by atoms with E-state index in [1.165, 1.54) is 6.07 Å². The summed E-state index contributed by atoms with van der Waals surface area (Å²) in [5, 5.41) is 9.56. The highest BCUT2D eigenvalue weighted by atomic mass is 35.5. The topological polar surface area (TPSA) is 66.4 Å². The number of hydrogen-bond acceptors (Lipinski definition) is 3. The molecule has 2 aromatic rings. The predicted octanol–water partition coefficient (Wildman–Crippen LogP) is 3.59. The molecule has 2 rings (SSSR count). The lowest BCUT2D eigenvalue weighted by Crippen LogP contribution is -2.15. The summed E-state index contributed by atoms with van der Waals surface area (Å²) in [6.07, 6.45) is 0. The standard InChI is InChI=1S/C14H13Cl2NO3S/c1-9-5-6-10(8-18)7-13(9)21(19,20)17-14-11(15)3-2-4-12(14)16/h2-7,17-18H,8H2,1H3. The van der Waals surface area contributed by atoms with Crippen LogP contribution < -0.4 is 4.72 Å². The largest absolute Gasteiger partial charge is 0.392 e. The number of aliphatic hydroxyl groups excluding tert-OH is 1. The van der Waals surface area contributed by atoms with Gasteiger partial charge in [-0.05, 0) is 36.2 Å². The molecule has 0 unspecified atom stereocenters. The lowest BCUT2D eigenvalue weighted by molar-refractivity contribution is 0.281. The molecule has 0 atom stereocenters. The number of anilines is 1. The average Bonchev–Trinajstić information content (AvgIpc) is 2.43. The van der Waals surface area contributed by atoms with Crippen LogP contribution in [0.15, 0.2) is 41.3 Å². The third-order valence-corrected chi connectivity index (χ3v) is 5.05. The highest BCUT2D eigenvalue weighted by molar-refractivity contribution is 7.92. The van der Waals surface area contributed by atoms with Crippen LogP contribution >= 0.6 is 23.2 Å². The number of benzene rings is 2. The van der Waals surface area contributed by atoms with Gasteiger partial charge in [-0.3, -0.25) is 4.72 Å². The molecule has 0 amide bonds. The average molecular weight is 346 g/mol. The van der Waals surface area contributed by atoms with E-state index in [0.717, 1.165) is 0 Å². The van der Waals surface area contributed by atoms with Crippen molar-refractivity contribution >= 4 is 38.9 Å². The molecule has 0 heterocycles. The SMILES string of the molecule is Cc1ccc(CO)cc1S(=O)(=O)Nc1c(Cl)cccc1Cl. The van der Waals surface area contributed by atoms with Gasteiger partial charge in [0.25, 0.3) is 10.0 Å². The smallest absolute Gasteiger partial charge is 0.262 e. The molecule has 0 fully saturated rings. The van der Waals surface area contributed by atoms with Gasteiger partial charge < -0.3 is 5.11 Å². The van der Waals surface area contributed by atoms with Crippen molar-refractivity contribution in [3.8, 4) is 0 Å². The van der Waals surface area contributed by atoms with Gasteiger partial charge in [0.2, 0.25) is 0 Å². The van der Waals surface area contributed by atoms with Gasteiger partial charge in [0.1, 0.15) is 0 Å². The molecule has 4 nitrogen and oxygen atoms in total. The summed E-state index contributed by atoms with van der Waals surface area (Å²) in [6.45, 7) is 1.43. The normalized spacial score (nSPS) is 11.4. The molecule has 0 radical (unpaired) electrons. The number of halogens is 2. The minimum atomic E-state index is -3.85. The van der Waals surface area contributed by atoms with Crippen molar-refractivity contribution in [2.24, 2.45) is 0 Å². The van der Waals surface area contributed by atoms with Crippen LogP contribution in [0.2, 0.25) is 10.0 Å². The van der Waals surface area contributed by atoms with Crippen LogP contribution in [0.1, 0.15) is 11.1 Å². The molecular formula is C14H13Cl2NO3S. The maximum Gasteiger partial charge on any atom is 0.262 e. The van der Waals surface area contributed by atoms with E-state index in [0.29, 0.717) is 11.1 Å². The van der Waals surface area contributed by atoms with E-state index in [2.05, 4.69) is 4.72 Å². The maximum atomic E-state index is 12.5. The van der Waals surface area contributed by atoms with E-state index in [-0.39, 0.29) is 27.2 Å². The molecule has 112 valence electrons. The summed E-state index contributed by atoms with van der Waals surface area (Å²) in [4.78, 5) is 0.0741. The summed E-state index contributed by atoms with van der Waals surface area (Å²) in [5.41, 5.74) is 1.20. The molecule has 0 saturated carbocycles. The fourth-order valence-electron chi connectivity index (χ4n) is 1.82. The van der Waals surface area contributed by atoms with Crippen molar-refractivity contribution < 1.29 is 13.5 Å². The van der Waals surface area contributed by atoms with E-state index < -0.39 is 10.0 Å². The molecular weight excluding hydrogens is 333 g/mol. The first-order chi connectivity index (χ1) is 9.85. The van der Waals surface area contributed by atoms with Crippen molar-refractivity contribution in [3.63, 3.8) is 0 Å². The van der Waals surface area contributed by atoms with Crippen molar-refractivity contribution in [1.29, 1.82) is 0 Å². The Balaban J connectivity index is 2.48. The van der Waals surface area contributed by atoms with Crippen LogP contribution in [-0.4, -0.2) is 13.5 Å². The van der Waals surface area contributed by atoms with E-state index in [4.69, 9.17) is 28.3 Å². The number of para-hydroxylation sites is 1. The third kappa shape index (κ3) is 3.49. The number of hydrogen-bond donors (Lipinski definition) is 2. The van der Waals surface area contributed by atoms with Gasteiger partial charge in [-0.25, -0.2) is 8.42 Å². The molecule has 0 aliphatic carbocycles. The van der Waals surface area contributed by atoms with Crippen LogP contribution in [0.5, 0.6) is 0 Å². The van der Waals surface area contributed by atoms with Crippen LogP contribution in [0, 0.1) is 6.92 Å². The Labute approximate surface area is 133 Å². The minimum absolute atomic E-state index is 0.0741. The molecule has 0 aliphatic heterocycles. The van der Waals surface area contributed by atoms with Crippen LogP contribution in [0.25, 0.3) is 0 Å². The Kier molecular flexibility index (Phi) is 4.78. The van der Waals surface area contributed by atoms with Crippen molar-refractivity contribution in [2.75, 3.05) is 4.72 Å². The zero-order chi connectivity index (χ0) is 15.6. The third-order valence-electron chi connectivity index (χ3n) is 2.92. The Morgan fingerprint density at radius 1 is 1.14 bits per heavy atom. The second kappa shape index (κ2) is 6.23. The summed E-state index contributed by atoms with van der Waals surface area (Å²) in [6, 6.07) is 9.43. The molecule has 0 spiro atoms. The first-order valence-corrected chi connectivity index (χ1v) is 8.26. The molecule has 2 N–H and O–H groups in total. The number of aryl methyl sites for hydroxylation is 1. The fraction of sp³-hybridized carbons (Fsp3) is 0.143. The van der Waals surface area contributed by atoms with E-state index >= 15 is 0 Å². The Hall–Kier alpha value is -1.27. The fourth-order valence-corrected chi connectivity index (χ4v) is 3.82. The quantitative estimate of drug-likeness (QED) is 0.889. The van der Waals surface area contributed by atoms with E-state index in [9.17, 15) is 8.42 Å². The number of sulfonamides is 1. The first-order valence-electron chi connectivity index (χ1n) is 6.02. The van der Waals surface area contributed by atoms with Crippen molar-refractivity contribution in [3.05, 3.63) is 57.6 Å². The molecule has 21 heavy (non-hydrogen) atoms. The first kappa shape index (κ1) is 16.1. The van der Waals surface area contributed by atoms with E-state index in [1.54, 1.807) is 37.3 Å². The second-order valence-corrected chi connectivity index (χ2v) is 6.93. The highest BCUT2D eigenvalue weighted by Gasteiger charge is 2.20. The maximum absolute atomic E-state index is 12.5. The zero-order valence-electron chi connectivity index (χ0n) is 11.1. The molecule has 0 bridgehead atoms. The van der Waals surface area contributed by atoms with Gasteiger partial charge in [0.05, 0.1) is 27.2 Å². The van der Waals surface area contributed by atoms with Crippen LogP contribution in [0.3, 0.4) is 0 Å². The molecule has 0 aromatic heterocycles. The van der Waals surface area contributed by atoms with E-state index in [1.807, 2.05) is 0 Å². The molecule has 2 aromatic carbocycles. The summed E-state index contributed by atoms with van der Waals surface area (Å²) in [5.74, 6) is 0. The lowest BCUT2D eigenvalue weighted by atomic mass is 10.2. The van der Waals surface area contributed by atoms with Gasteiger partial charge in [-0.1, -0.05) is 41.4 Å². The monoisotopic (exact) mass is 345 g/mol. The van der Waals surface area contributed by atoms with Gasteiger partial charge in [-0.2, -0.15) is 0 Å². The van der Waals surface area contributed by atoms with Gasteiger partial charge in [0.15, 0.2) is 0 Å². The van der Waals surface area contributed by atoms with Gasteiger partial charge >= 0.3 is 0 Å². The van der Waals surface area contributed by atoms with Crippen molar-refractivity contribution in [2.45, 2.75) is 18.4 Å². The number of rotatable bonds is 4. The summed E-state index contributed by atoms with van der Waals surface area (Å²) >= 11 is 11.9. The Bertz CT molecular complexity index is 756. The minimum Gasteiger partial charge on any atom is -0.392 e. The lowest BCUT2D eigenvalue weighted by Gasteiger charge is -2.13. The summed E-state index contributed by atoms with van der Waals surface area (Å²) in [7, 11) is -3.85. The number of nitrogens with one attached hydrogen (secondary N) is 1. The zero-order valence-corrected chi connectivity index (χ0v) is 13.4. The molecule has 7 heteroatoms. The molecule has 0 aliphatic rings. The summed E-state index contributed by atoms with van der Waals surface area (Å²) < 4.78 is 27.4.